The number of carbonyl (C=O) groups is 1. The maximum Gasteiger partial charge on any atom is 0.192 e. The fourth-order valence-electron chi connectivity index (χ4n) is 1.35. The summed E-state index contributed by atoms with van der Waals surface area (Å²) in [5.41, 5.74) is 1.72. The molecule has 0 spiro atoms. The quantitative estimate of drug-likeness (QED) is 0.564. The average molecular weight is 210 g/mol. The van der Waals surface area contributed by atoms with Gasteiger partial charge in [0.25, 0.3) is 0 Å². The summed E-state index contributed by atoms with van der Waals surface area (Å²) >= 11 is 5.48. The average Bonchev–Trinajstić information content (AvgIpc) is 2.56. The van der Waals surface area contributed by atoms with Crippen LogP contribution >= 0.6 is 11.6 Å². The SMILES string of the molecule is Cc1nc2cccc(C(=O)CCl)c2o1. The van der Waals surface area contributed by atoms with Crippen LogP contribution in [-0.2, 0) is 0 Å². The summed E-state index contributed by atoms with van der Waals surface area (Å²) in [7, 11) is 0. The first-order valence-electron chi connectivity index (χ1n) is 4.17. The second kappa shape index (κ2) is 3.42. The number of fused-ring (bicyclic) bond motifs is 1. The van der Waals surface area contributed by atoms with E-state index in [9.17, 15) is 4.79 Å². The second-order valence-corrected chi connectivity index (χ2v) is 3.21. The number of nitrogens with zero attached hydrogens (tertiary/aromatic N) is 1. The third-order valence-corrected chi connectivity index (χ3v) is 2.19. The van der Waals surface area contributed by atoms with E-state index in [-0.39, 0.29) is 11.7 Å². The number of alkyl halides is 1. The number of aryl methyl sites for hydroxylation is 1. The molecule has 0 saturated carbocycles. The molecule has 1 heterocycles. The number of hydrogen-bond acceptors (Lipinski definition) is 3. The number of benzene rings is 1. The molecule has 4 heteroatoms. The van der Waals surface area contributed by atoms with Crippen LogP contribution in [0, 0.1) is 6.92 Å². The minimum Gasteiger partial charge on any atom is -0.440 e. The summed E-state index contributed by atoms with van der Waals surface area (Å²) in [5.74, 6) is 0.363. The molecule has 0 N–H and O–H groups in total. The van der Waals surface area contributed by atoms with Crippen molar-refractivity contribution in [2.75, 3.05) is 5.88 Å². The van der Waals surface area contributed by atoms with E-state index < -0.39 is 0 Å². The van der Waals surface area contributed by atoms with E-state index in [1.807, 2.05) is 0 Å². The predicted molar refractivity (Wildman–Crippen MR) is 53.8 cm³/mol. The topological polar surface area (TPSA) is 43.1 Å². The maximum atomic E-state index is 11.4. The van der Waals surface area contributed by atoms with Gasteiger partial charge in [0.05, 0.1) is 11.4 Å². The number of hydrogen-bond donors (Lipinski definition) is 0. The van der Waals surface area contributed by atoms with E-state index in [1.165, 1.54) is 0 Å². The Morgan fingerprint density at radius 1 is 1.57 bits per heavy atom. The standard InChI is InChI=1S/C10H8ClNO2/c1-6-12-8-4-2-3-7(9(13)5-11)10(8)14-6/h2-4H,5H2,1H3. The van der Waals surface area contributed by atoms with Gasteiger partial charge in [-0.1, -0.05) is 6.07 Å². The molecule has 2 rings (SSSR count). The minimum absolute atomic E-state index is 0.0428. The van der Waals surface area contributed by atoms with Crippen molar-refractivity contribution >= 4 is 28.5 Å². The first kappa shape index (κ1) is 9.21. The Morgan fingerprint density at radius 3 is 3.07 bits per heavy atom. The number of oxazole rings is 1. The molecule has 2 aromatic rings. The Balaban J connectivity index is 2.70. The zero-order chi connectivity index (χ0) is 10.1. The smallest absolute Gasteiger partial charge is 0.192 e. The number of ketones is 1. The van der Waals surface area contributed by atoms with Crippen LogP contribution in [0.2, 0.25) is 0 Å². The fraction of sp³-hybridized carbons (Fsp3) is 0.200. The Morgan fingerprint density at radius 2 is 2.36 bits per heavy atom. The van der Waals surface area contributed by atoms with Gasteiger partial charge in [0.15, 0.2) is 17.3 Å². The van der Waals surface area contributed by atoms with Gasteiger partial charge in [-0.2, -0.15) is 0 Å². The largest absolute Gasteiger partial charge is 0.440 e. The number of halogens is 1. The van der Waals surface area contributed by atoms with Crippen molar-refractivity contribution in [2.45, 2.75) is 6.92 Å². The molecule has 0 radical (unpaired) electrons. The van der Waals surface area contributed by atoms with Gasteiger partial charge < -0.3 is 4.42 Å². The van der Waals surface area contributed by atoms with Crippen molar-refractivity contribution in [3.05, 3.63) is 29.7 Å². The highest BCUT2D eigenvalue weighted by Crippen LogP contribution is 2.20. The van der Waals surface area contributed by atoms with Gasteiger partial charge in [0.2, 0.25) is 0 Å². The Bertz CT molecular complexity index is 490. The van der Waals surface area contributed by atoms with Crippen LogP contribution in [0.15, 0.2) is 22.6 Å². The number of carbonyl (C=O) groups excluding carboxylic acids is 1. The van der Waals surface area contributed by atoms with Crippen molar-refractivity contribution < 1.29 is 9.21 Å². The monoisotopic (exact) mass is 209 g/mol. The molecule has 3 nitrogen and oxygen atoms in total. The van der Waals surface area contributed by atoms with Gasteiger partial charge in [0, 0.05) is 6.92 Å². The number of aromatic nitrogens is 1. The molecule has 72 valence electrons. The molecule has 0 atom stereocenters. The molecule has 0 bridgehead atoms. The first-order chi connectivity index (χ1) is 6.72. The molecule has 0 aliphatic carbocycles. The highest BCUT2D eigenvalue weighted by molar-refractivity contribution is 6.31. The first-order valence-corrected chi connectivity index (χ1v) is 4.71. The van der Waals surface area contributed by atoms with Crippen LogP contribution in [0.4, 0.5) is 0 Å². The third kappa shape index (κ3) is 1.40. The highest BCUT2D eigenvalue weighted by Gasteiger charge is 2.12. The number of Topliss-reactive ketones (excluding diaryl/α,β-unsaturated/α-hetero) is 1. The van der Waals surface area contributed by atoms with Gasteiger partial charge in [0.1, 0.15) is 5.52 Å². The fourth-order valence-corrected chi connectivity index (χ4v) is 1.50. The van der Waals surface area contributed by atoms with Gasteiger partial charge in [-0.3, -0.25) is 4.79 Å². The van der Waals surface area contributed by atoms with Gasteiger partial charge in [-0.15, -0.1) is 11.6 Å². The second-order valence-electron chi connectivity index (χ2n) is 2.94. The van der Waals surface area contributed by atoms with Crippen LogP contribution in [-0.4, -0.2) is 16.6 Å². The zero-order valence-corrected chi connectivity index (χ0v) is 8.34. The van der Waals surface area contributed by atoms with Crippen LogP contribution in [0.5, 0.6) is 0 Å². The van der Waals surface area contributed by atoms with Gasteiger partial charge >= 0.3 is 0 Å². The van der Waals surface area contributed by atoms with Crippen molar-refractivity contribution in [2.24, 2.45) is 0 Å². The summed E-state index contributed by atoms with van der Waals surface area (Å²) in [5, 5.41) is 0. The summed E-state index contributed by atoms with van der Waals surface area (Å²) in [4.78, 5) is 15.5. The molecule has 0 fully saturated rings. The normalized spacial score (nSPS) is 10.7. The minimum atomic E-state index is -0.145. The number of rotatable bonds is 2. The van der Waals surface area contributed by atoms with Crippen LogP contribution in [0.1, 0.15) is 16.2 Å². The van der Waals surface area contributed by atoms with E-state index >= 15 is 0 Å². The highest BCUT2D eigenvalue weighted by atomic mass is 35.5. The van der Waals surface area contributed by atoms with Crippen LogP contribution < -0.4 is 0 Å². The molecule has 0 saturated heterocycles. The van der Waals surface area contributed by atoms with Crippen LogP contribution in [0.3, 0.4) is 0 Å². The van der Waals surface area contributed by atoms with Gasteiger partial charge in [-0.05, 0) is 12.1 Å². The zero-order valence-electron chi connectivity index (χ0n) is 7.58. The Kier molecular flexibility index (Phi) is 2.25. The molecular weight excluding hydrogens is 202 g/mol. The van der Waals surface area contributed by atoms with E-state index in [4.69, 9.17) is 16.0 Å². The van der Waals surface area contributed by atoms with Crippen molar-refractivity contribution in [3.8, 4) is 0 Å². The summed E-state index contributed by atoms with van der Waals surface area (Å²) in [6.45, 7) is 1.74. The molecule has 0 amide bonds. The van der Waals surface area contributed by atoms with Crippen molar-refractivity contribution in [1.29, 1.82) is 0 Å². The van der Waals surface area contributed by atoms with E-state index in [0.717, 1.165) is 0 Å². The number of para-hydroxylation sites is 1. The molecule has 1 aromatic carbocycles. The van der Waals surface area contributed by atoms with Crippen molar-refractivity contribution in [3.63, 3.8) is 0 Å². The Labute approximate surface area is 85.7 Å². The van der Waals surface area contributed by atoms with E-state index in [0.29, 0.717) is 22.6 Å². The van der Waals surface area contributed by atoms with E-state index in [1.54, 1.807) is 25.1 Å². The summed E-state index contributed by atoms with van der Waals surface area (Å²) in [6, 6.07) is 5.26. The van der Waals surface area contributed by atoms with Gasteiger partial charge in [-0.25, -0.2) is 4.98 Å². The molecule has 0 unspecified atom stereocenters. The lowest BCUT2D eigenvalue weighted by atomic mass is 10.1. The van der Waals surface area contributed by atoms with E-state index in [2.05, 4.69) is 4.98 Å². The molecule has 0 aliphatic heterocycles. The lowest BCUT2D eigenvalue weighted by molar-refractivity contribution is 0.102. The molecule has 1 aromatic heterocycles. The lowest BCUT2D eigenvalue weighted by Gasteiger charge is -1.95. The molecule has 0 aliphatic rings. The lowest BCUT2D eigenvalue weighted by Crippen LogP contribution is -1.99. The molecule has 14 heavy (non-hydrogen) atoms. The molecular formula is C10H8ClNO2. The third-order valence-electron chi connectivity index (χ3n) is 1.94. The summed E-state index contributed by atoms with van der Waals surface area (Å²) < 4.78 is 5.33. The maximum absolute atomic E-state index is 11.4. The summed E-state index contributed by atoms with van der Waals surface area (Å²) in [6.07, 6.45) is 0. The Hall–Kier alpha value is -1.35. The predicted octanol–water partition coefficient (Wildman–Crippen LogP) is 2.56. The van der Waals surface area contributed by atoms with Crippen LogP contribution in [0.25, 0.3) is 11.1 Å². The van der Waals surface area contributed by atoms with Crippen molar-refractivity contribution in [1.82, 2.24) is 4.98 Å².